The van der Waals surface area contributed by atoms with Crippen molar-refractivity contribution < 1.29 is 13.0 Å². The molecule has 2 fully saturated rings. The first kappa shape index (κ1) is 25.2. The van der Waals surface area contributed by atoms with Gasteiger partial charge in [-0.1, -0.05) is 80.5 Å². The monoisotopic (exact) mass is 466 g/mol. The molecule has 6 atom stereocenters. The molecule has 2 aliphatic carbocycles. The molecule has 0 unspecified atom stereocenters. The van der Waals surface area contributed by atoms with Crippen molar-refractivity contribution >= 4 is 23.3 Å². The summed E-state index contributed by atoms with van der Waals surface area (Å²) in [5.41, 5.74) is 1.05. The number of hydrogen-bond acceptors (Lipinski definition) is 2. The van der Waals surface area contributed by atoms with E-state index in [2.05, 4.69) is 41.5 Å². The SMILES string of the molecule is CC(C)[C@@H]1CC[C@@H](C)C[C@H]1P(c1ccccc1S(=O)(=O)O)[C@@H]1C[C@H](C)CC[C@H]1C(C)C. The van der Waals surface area contributed by atoms with Crippen LogP contribution in [0.1, 0.15) is 80.1 Å². The van der Waals surface area contributed by atoms with Gasteiger partial charge in [0.25, 0.3) is 10.1 Å². The molecule has 5 heteroatoms. The van der Waals surface area contributed by atoms with Crippen LogP contribution in [0.3, 0.4) is 0 Å². The fraction of sp³-hybridized carbons (Fsp3) is 0.769. The maximum atomic E-state index is 12.4. The van der Waals surface area contributed by atoms with Crippen LogP contribution in [0.15, 0.2) is 29.2 Å². The van der Waals surface area contributed by atoms with E-state index in [-0.39, 0.29) is 4.90 Å². The highest BCUT2D eigenvalue weighted by molar-refractivity contribution is 7.86. The summed E-state index contributed by atoms with van der Waals surface area (Å²) < 4.78 is 35.1. The van der Waals surface area contributed by atoms with Gasteiger partial charge < -0.3 is 0 Å². The quantitative estimate of drug-likeness (QED) is 0.364. The van der Waals surface area contributed by atoms with Gasteiger partial charge in [0, 0.05) is 0 Å². The summed E-state index contributed by atoms with van der Waals surface area (Å²) in [6.45, 7) is 14.1. The minimum Gasteiger partial charge on any atom is -0.282 e. The van der Waals surface area contributed by atoms with Crippen molar-refractivity contribution in [2.24, 2.45) is 35.5 Å². The van der Waals surface area contributed by atoms with Gasteiger partial charge in [-0.25, -0.2) is 0 Å². The summed E-state index contributed by atoms with van der Waals surface area (Å²) in [6.07, 6.45) is 7.40. The molecule has 176 valence electrons. The third-order valence-electron chi connectivity index (χ3n) is 8.11. The molecule has 2 aliphatic rings. The first-order valence-corrected chi connectivity index (χ1v) is 15.3. The minimum atomic E-state index is -4.24. The molecule has 1 aromatic rings. The lowest BCUT2D eigenvalue weighted by Crippen LogP contribution is -2.41. The zero-order chi connectivity index (χ0) is 22.9. The molecule has 0 aromatic heterocycles. The van der Waals surface area contributed by atoms with Gasteiger partial charge in [-0.2, -0.15) is 8.42 Å². The average molecular weight is 467 g/mol. The van der Waals surface area contributed by atoms with Crippen LogP contribution in [0.2, 0.25) is 0 Å². The molecule has 31 heavy (non-hydrogen) atoms. The summed E-state index contributed by atoms with van der Waals surface area (Å²) >= 11 is 0. The minimum absolute atomic E-state index is 0.169. The van der Waals surface area contributed by atoms with Gasteiger partial charge in [0.05, 0.1) is 0 Å². The van der Waals surface area contributed by atoms with E-state index in [1.807, 2.05) is 12.1 Å². The fourth-order valence-electron chi connectivity index (χ4n) is 6.44. The molecule has 0 aliphatic heterocycles. The molecule has 3 nitrogen and oxygen atoms in total. The second-order valence-corrected chi connectivity index (χ2v) is 15.1. The van der Waals surface area contributed by atoms with Crippen molar-refractivity contribution in [2.45, 2.75) is 96.3 Å². The standard InChI is InChI=1S/C26H43O3PS/c1-17(2)21-13-11-19(5)15-24(21)30(23-9-7-8-10-26(23)31(27,28)29)25-16-20(6)12-14-22(25)18(3)4/h7-10,17-22,24-25H,11-16H2,1-6H3,(H,27,28,29)/t19-,20-,21+,22+,24-,25-/m1/s1. The van der Waals surface area contributed by atoms with Gasteiger partial charge in [-0.05, 0) is 83.9 Å². The maximum absolute atomic E-state index is 12.4. The van der Waals surface area contributed by atoms with E-state index in [4.69, 9.17) is 0 Å². The van der Waals surface area contributed by atoms with Gasteiger partial charge in [-0.15, -0.1) is 0 Å². The Labute approximate surface area is 192 Å². The highest BCUT2D eigenvalue weighted by Gasteiger charge is 2.45. The van der Waals surface area contributed by atoms with Gasteiger partial charge >= 0.3 is 0 Å². The molecule has 0 radical (unpaired) electrons. The van der Waals surface area contributed by atoms with Crippen molar-refractivity contribution in [3.63, 3.8) is 0 Å². The lowest BCUT2D eigenvalue weighted by Gasteiger charge is -2.50. The van der Waals surface area contributed by atoms with Crippen molar-refractivity contribution in [2.75, 3.05) is 0 Å². The van der Waals surface area contributed by atoms with Crippen LogP contribution >= 0.6 is 7.92 Å². The third kappa shape index (κ3) is 5.74. The molecule has 3 rings (SSSR count). The Balaban J connectivity index is 2.19. The van der Waals surface area contributed by atoms with Crippen molar-refractivity contribution in [1.82, 2.24) is 0 Å². The lowest BCUT2D eigenvalue weighted by atomic mass is 9.76. The average Bonchev–Trinajstić information content (AvgIpc) is 2.67. The first-order valence-electron chi connectivity index (χ1n) is 12.4. The number of hydrogen-bond donors (Lipinski definition) is 1. The lowest BCUT2D eigenvalue weighted by molar-refractivity contribution is 0.224. The van der Waals surface area contributed by atoms with Gasteiger partial charge in [0.1, 0.15) is 4.90 Å². The van der Waals surface area contributed by atoms with E-state index in [0.717, 1.165) is 5.30 Å². The molecule has 0 saturated heterocycles. The zero-order valence-electron chi connectivity index (χ0n) is 20.3. The summed E-state index contributed by atoms with van der Waals surface area (Å²) in [5.74, 6) is 3.81. The van der Waals surface area contributed by atoms with Crippen molar-refractivity contribution in [3.05, 3.63) is 24.3 Å². The number of benzene rings is 1. The van der Waals surface area contributed by atoms with Crippen LogP contribution in [-0.4, -0.2) is 24.3 Å². The van der Waals surface area contributed by atoms with Crippen LogP contribution in [0.25, 0.3) is 0 Å². The predicted molar refractivity (Wildman–Crippen MR) is 133 cm³/mol. The van der Waals surface area contributed by atoms with Crippen LogP contribution in [0.4, 0.5) is 0 Å². The Hall–Kier alpha value is -0.440. The van der Waals surface area contributed by atoms with Crippen LogP contribution < -0.4 is 5.30 Å². The van der Waals surface area contributed by atoms with E-state index in [9.17, 15) is 13.0 Å². The summed E-state index contributed by atoms with van der Waals surface area (Å²) in [7, 11) is -4.96. The fourth-order valence-corrected chi connectivity index (χ4v) is 12.5. The van der Waals surface area contributed by atoms with Gasteiger partial charge in [-0.3, -0.25) is 4.55 Å². The van der Waals surface area contributed by atoms with Crippen molar-refractivity contribution in [3.8, 4) is 0 Å². The maximum Gasteiger partial charge on any atom is 0.295 e. The molecular formula is C26H43O3PS. The Kier molecular flexibility index (Phi) is 8.31. The second kappa shape index (κ2) is 10.2. The normalized spacial score (nSPS) is 32.7. The Morgan fingerprint density at radius 2 is 1.29 bits per heavy atom. The molecule has 2 saturated carbocycles. The zero-order valence-corrected chi connectivity index (χ0v) is 22.0. The first-order chi connectivity index (χ1) is 14.5. The van der Waals surface area contributed by atoms with E-state index < -0.39 is 18.0 Å². The molecule has 0 heterocycles. The molecule has 1 aromatic carbocycles. The van der Waals surface area contributed by atoms with Crippen LogP contribution in [-0.2, 0) is 10.1 Å². The molecular weight excluding hydrogens is 423 g/mol. The Morgan fingerprint density at radius 3 is 1.71 bits per heavy atom. The highest BCUT2D eigenvalue weighted by Crippen LogP contribution is 2.61. The van der Waals surface area contributed by atoms with E-state index in [1.165, 1.54) is 38.5 Å². The largest absolute Gasteiger partial charge is 0.295 e. The van der Waals surface area contributed by atoms with Crippen LogP contribution in [0.5, 0.6) is 0 Å². The summed E-state index contributed by atoms with van der Waals surface area (Å²) in [5, 5.41) is 0.939. The smallest absolute Gasteiger partial charge is 0.282 e. The summed E-state index contributed by atoms with van der Waals surface area (Å²) in [6, 6.07) is 7.40. The molecule has 1 N–H and O–H groups in total. The molecule has 0 spiro atoms. The molecule has 0 bridgehead atoms. The Bertz CT molecular complexity index is 803. The second-order valence-electron chi connectivity index (χ2n) is 11.1. The Morgan fingerprint density at radius 1 is 0.839 bits per heavy atom. The van der Waals surface area contributed by atoms with Crippen molar-refractivity contribution in [1.29, 1.82) is 0 Å². The topological polar surface area (TPSA) is 54.4 Å². The predicted octanol–water partition coefficient (Wildman–Crippen LogP) is 6.96. The van der Waals surface area contributed by atoms with Gasteiger partial charge in [0.15, 0.2) is 0 Å². The van der Waals surface area contributed by atoms with E-state index in [1.54, 1.807) is 12.1 Å². The van der Waals surface area contributed by atoms with Gasteiger partial charge in [0.2, 0.25) is 0 Å². The third-order valence-corrected chi connectivity index (χ3v) is 12.7. The summed E-state index contributed by atoms with van der Waals surface area (Å²) in [4.78, 5) is 0.169. The number of rotatable bonds is 6. The molecule has 0 amide bonds. The van der Waals surface area contributed by atoms with Crippen LogP contribution in [0, 0.1) is 35.5 Å². The van der Waals surface area contributed by atoms with E-state index >= 15 is 0 Å². The highest BCUT2D eigenvalue weighted by atomic mass is 32.2. The van der Waals surface area contributed by atoms with E-state index in [0.29, 0.717) is 46.8 Å².